The van der Waals surface area contributed by atoms with Gasteiger partial charge in [0.05, 0.1) is 0 Å². The Morgan fingerprint density at radius 2 is 1.95 bits per heavy atom. The number of hydrogen-bond donors (Lipinski definition) is 1. The molecule has 5 heteroatoms. The van der Waals surface area contributed by atoms with Crippen molar-refractivity contribution >= 4 is 11.5 Å². The molecule has 2 aliphatic rings. The van der Waals surface area contributed by atoms with Gasteiger partial charge in [-0.2, -0.15) is 0 Å². The van der Waals surface area contributed by atoms with Crippen LogP contribution in [0.4, 0.5) is 0 Å². The number of aromatic nitrogens is 1. The molecule has 3 heterocycles. The Kier molecular flexibility index (Phi) is 3.04. The molecule has 2 aliphatic heterocycles. The first kappa shape index (κ1) is 12.9. The summed E-state index contributed by atoms with van der Waals surface area (Å²) in [6.07, 6.45) is 5.76. The molecule has 1 aromatic heterocycles. The number of carbonyl (C=O) groups excluding carboxylic acids is 1. The lowest BCUT2D eigenvalue weighted by atomic mass is 9.96. The molecule has 4 rings (SSSR count). The van der Waals surface area contributed by atoms with Gasteiger partial charge < -0.3 is 14.8 Å². The predicted molar refractivity (Wildman–Crippen MR) is 80.8 cm³/mol. The van der Waals surface area contributed by atoms with Crippen LogP contribution in [-0.4, -0.2) is 24.1 Å². The van der Waals surface area contributed by atoms with Gasteiger partial charge in [-0.05, 0) is 36.2 Å². The van der Waals surface area contributed by atoms with Crippen LogP contribution in [0.5, 0.6) is 11.5 Å². The van der Waals surface area contributed by atoms with Gasteiger partial charge in [0, 0.05) is 41.8 Å². The number of ether oxygens (including phenoxy) is 2. The topological polar surface area (TPSA) is 60.5 Å². The van der Waals surface area contributed by atoms with E-state index in [2.05, 4.69) is 10.3 Å². The molecule has 0 saturated carbocycles. The van der Waals surface area contributed by atoms with E-state index in [0.29, 0.717) is 5.56 Å². The van der Waals surface area contributed by atoms with Gasteiger partial charge in [-0.1, -0.05) is 0 Å². The van der Waals surface area contributed by atoms with Crippen LogP contribution in [0.1, 0.15) is 21.5 Å². The Morgan fingerprint density at radius 3 is 2.77 bits per heavy atom. The zero-order chi connectivity index (χ0) is 14.9. The summed E-state index contributed by atoms with van der Waals surface area (Å²) in [7, 11) is 0. The van der Waals surface area contributed by atoms with Crippen molar-refractivity contribution in [1.82, 2.24) is 10.3 Å². The van der Waals surface area contributed by atoms with E-state index in [1.807, 2.05) is 12.1 Å². The Morgan fingerprint density at radius 1 is 1.18 bits per heavy atom. The molecule has 110 valence electrons. The van der Waals surface area contributed by atoms with Crippen LogP contribution < -0.4 is 14.8 Å². The van der Waals surface area contributed by atoms with Crippen molar-refractivity contribution < 1.29 is 14.3 Å². The molecule has 0 atom stereocenters. The number of hydrogen-bond acceptors (Lipinski definition) is 5. The van der Waals surface area contributed by atoms with E-state index >= 15 is 0 Å². The van der Waals surface area contributed by atoms with Crippen molar-refractivity contribution in [1.29, 1.82) is 0 Å². The molecule has 0 spiro atoms. The summed E-state index contributed by atoms with van der Waals surface area (Å²) in [5.41, 5.74) is 3.60. The minimum absolute atomic E-state index is 0.0459. The summed E-state index contributed by atoms with van der Waals surface area (Å²) >= 11 is 0. The number of benzene rings is 1. The highest BCUT2D eigenvalue weighted by atomic mass is 16.7. The van der Waals surface area contributed by atoms with Crippen LogP contribution in [-0.2, 0) is 6.42 Å². The third-order valence-corrected chi connectivity index (χ3v) is 3.84. The maximum atomic E-state index is 12.4. The lowest BCUT2D eigenvalue weighted by Crippen LogP contribution is -2.23. The van der Waals surface area contributed by atoms with E-state index < -0.39 is 0 Å². The highest BCUT2D eigenvalue weighted by Crippen LogP contribution is 2.38. The SMILES string of the molecule is O=C(C=C1NCCc2cc3c(cc21)OCO3)c1ccncc1. The Labute approximate surface area is 127 Å². The zero-order valence-corrected chi connectivity index (χ0v) is 11.8. The second-order valence-corrected chi connectivity index (χ2v) is 5.20. The summed E-state index contributed by atoms with van der Waals surface area (Å²) in [6.45, 7) is 1.04. The molecule has 0 radical (unpaired) electrons. The predicted octanol–water partition coefficient (Wildman–Crippen LogP) is 2.18. The van der Waals surface area contributed by atoms with E-state index in [4.69, 9.17) is 9.47 Å². The van der Waals surface area contributed by atoms with Crippen molar-refractivity contribution in [2.45, 2.75) is 6.42 Å². The second kappa shape index (κ2) is 5.18. The number of pyridine rings is 1. The highest BCUT2D eigenvalue weighted by molar-refractivity contribution is 6.08. The van der Waals surface area contributed by atoms with Crippen LogP contribution in [0.15, 0.2) is 42.7 Å². The van der Waals surface area contributed by atoms with Crippen molar-refractivity contribution in [3.8, 4) is 11.5 Å². The third-order valence-electron chi connectivity index (χ3n) is 3.84. The van der Waals surface area contributed by atoms with Crippen molar-refractivity contribution in [2.75, 3.05) is 13.3 Å². The van der Waals surface area contributed by atoms with E-state index in [0.717, 1.165) is 41.3 Å². The van der Waals surface area contributed by atoms with Crippen LogP contribution in [0.3, 0.4) is 0 Å². The molecule has 1 aromatic carbocycles. The maximum Gasteiger partial charge on any atom is 0.231 e. The van der Waals surface area contributed by atoms with E-state index in [1.54, 1.807) is 30.6 Å². The summed E-state index contributed by atoms with van der Waals surface area (Å²) in [6, 6.07) is 7.37. The third kappa shape index (κ3) is 2.20. The molecule has 0 saturated heterocycles. The largest absolute Gasteiger partial charge is 0.454 e. The molecule has 0 unspecified atom stereocenters. The fourth-order valence-electron chi connectivity index (χ4n) is 2.73. The fourth-order valence-corrected chi connectivity index (χ4v) is 2.73. The Balaban J connectivity index is 1.73. The molecular weight excluding hydrogens is 280 g/mol. The van der Waals surface area contributed by atoms with Gasteiger partial charge in [-0.15, -0.1) is 0 Å². The summed E-state index contributed by atoms with van der Waals surface area (Å²) in [4.78, 5) is 16.3. The quantitative estimate of drug-likeness (QED) is 0.679. The minimum Gasteiger partial charge on any atom is -0.454 e. The highest BCUT2D eigenvalue weighted by Gasteiger charge is 2.22. The maximum absolute atomic E-state index is 12.4. The van der Waals surface area contributed by atoms with Crippen molar-refractivity contribution in [2.24, 2.45) is 0 Å². The molecule has 22 heavy (non-hydrogen) atoms. The first-order valence-electron chi connectivity index (χ1n) is 7.14. The summed E-state index contributed by atoms with van der Waals surface area (Å²) in [5, 5.41) is 3.30. The van der Waals surface area contributed by atoms with Gasteiger partial charge >= 0.3 is 0 Å². The standard InChI is InChI=1S/C17H14N2O3/c20-15(11-1-4-18-5-2-11)9-14-13-8-17-16(21-10-22-17)7-12(13)3-6-19-14/h1-2,4-5,7-9,19H,3,6,10H2. The first-order valence-corrected chi connectivity index (χ1v) is 7.14. The van der Waals surface area contributed by atoms with Gasteiger partial charge in [0.2, 0.25) is 6.79 Å². The van der Waals surface area contributed by atoms with Gasteiger partial charge in [-0.25, -0.2) is 0 Å². The average molecular weight is 294 g/mol. The minimum atomic E-state index is -0.0459. The number of ketones is 1. The van der Waals surface area contributed by atoms with Gasteiger partial charge in [0.1, 0.15) is 0 Å². The summed E-state index contributed by atoms with van der Waals surface area (Å²) in [5.74, 6) is 1.46. The number of nitrogens with zero attached hydrogens (tertiary/aromatic N) is 1. The normalized spacial score (nSPS) is 17.0. The molecule has 0 bridgehead atoms. The molecule has 0 amide bonds. The zero-order valence-electron chi connectivity index (χ0n) is 11.8. The number of fused-ring (bicyclic) bond motifs is 2. The van der Waals surface area contributed by atoms with Gasteiger partial charge in [0.25, 0.3) is 0 Å². The van der Waals surface area contributed by atoms with Gasteiger partial charge in [0.15, 0.2) is 17.3 Å². The number of nitrogens with one attached hydrogen (secondary N) is 1. The first-order chi connectivity index (χ1) is 10.8. The Bertz CT molecular complexity index is 769. The second-order valence-electron chi connectivity index (χ2n) is 5.20. The molecule has 1 N–H and O–H groups in total. The average Bonchev–Trinajstić information content (AvgIpc) is 3.01. The number of carbonyl (C=O) groups is 1. The van der Waals surface area contributed by atoms with Gasteiger partial charge in [-0.3, -0.25) is 9.78 Å². The van der Waals surface area contributed by atoms with Crippen LogP contribution in [0.2, 0.25) is 0 Å². The van der Waals surface area contributed by atoms with E-state index in [-0.39, 0.29) is 12.6 Å². The van der Waals surface area contributed by atoms with Crippen molar-refractivity contribution in [3.63, 3.8) is 0 Å². The summed E-state index contributed by atoms with van der Waals surface area (Å²) < 4.78 is 10.8. The number of allylic oxidation sites excluding steroid dienone is 1. The fraction of sp³-hybridized carbons (Fsp3) is 0.176. The monoisotopic (exact) mass is 294 g/mol. The number of rotatable bonds is 2. The molecule has 2 aromatic rings. The Hall–Kier alpha value is -2.82. The molecular formula is C17H14N2O3. The lowest BCUT2D eigenvalue weighted by molar-refractivity contribution is 0.104. The van der Waals surface area contributed by atoms with Crippen LogP contribution in [0.25, 0.3) is 5.70 Å². The molecule has 0 aliphatic carbocycles. The van der Waals surface area contributed by atoms with Crippen molar-refractivity contribution in [3.05, 3.63) is 59.4 Å². The molecule has 5 nitrogen and oxygen atoms in total. The van der Waals surface area contributed by atoms with Crippen LogP contribution in [0, 0.1) is 0 Å². The lowest BCUT2D eigenvalue weighted by Gasteiger charge is -2.21. The smallest absolute Gasteiger partial charge is 0.231 e. The molecule has 0 fully saturated rings. The van der Waals surface area contributed by atoms with E-state index in [1.165, 1.54) is 0 Å². The van der Waals surface area contributed by atoms with E-state index in [9.17, 15) is 4.79 Å². The van der Waals surface area contributed by atoms with Crippen LogP contribution >= 0.6 is 0 Å².